The van der Waals surface area contributed by atoms with E-state index in [-0.39, 0.29) is 34.4 Å². The van der Waals surface area contributed by atoms with Crippen LogP contribution in [0.5, 0.6) is 0 Å². The van der Waals surface area contributed by atoms with E-state index in [0.29, 0.717) is 34.4 Å². The van der Waals surface area contributed by atoms with Crippen LogP contribution in [0.2, 0.25) is 0 Å². The Hall–Kier alpha value is -3.50. The topological polar surface area (TPSA) is 136 Å². The average molecular weight is 667 g/mol. The number of rotatable bonds is 7. The van der Waals surface area contributed by atoms with Gasteiger partial charge in [0.05, 0.1) is 27.1 Å². The van der Waals surface area contributed by atoms with Gasteiger partial charge in [0.2, 0.25) is 5.95 Å². The molecule has 4 heterocycles. The van der Waals surface area contributed by atoms with Gasteiger partial charge in [-0.1, -0.05) is 26.8 Å². The van der Waals surface area contributed by atoms with E-state index in [9.17, 15) is 25.6 Å². The molecule has 3 aromatic heterocycles. The Balaban J connectivity index is 1.34. The minimum absolute atomic E-state index is 0.0204. The van der Waals surface area contributed by atoms with Gasteiger partial charge in [0.15, 0.2) is 20.5 Å². The van der Waals surface area contributed by atoms with Crippen molar-refractivity contribution >= 4 is 42.8 Å². The lowest BCUT2D eigenvalue weighted by molar-refractivity contribution is 0.153. The highest BCUT2D eigenvalue weighted by atomic mass is 32.2. The monoisotopic (exact) mass is 666 g/mol. The molecule has 2 aliphatic rings. The van der Waals surface area contributed by atoms with E-state index >= 15 is 4.39 Å². The summed E-state index contributed by atoms with van der Waals surface area (Å²) in [7, 11) is -6.26. The second-order valence-corrected chi connectivity index (χ2v) is 17.1. The van der Waals surface area contributed by atoms with Gasteiger partial charge < -0.3 is 9.88 Å². The summed E-state index contributed by atoms with van der Waals surface area (Å²) in [5.41, 5.74) is -0.510. The summed E-state index contributed by atoms with van der Waals surface area (Å²) in [5.74, 6) is -2.87. The van der Waals surface area contributed by atoms with Gasteiger partial charge in [-0.15, -0.1) is 11.3 Å². The summed E-state index contributed by atoms with van der Waals surface area (Å²) < 4.78 is 97.0. The van der Waals surface area contributed by atoms with Crippen molar-refractivity contribution in [1.82, 2.24) is 19.5 Å². The molecule has 16 heteroatoms. The molecule has 44 heavy (non-hydrogen) atoms. The number of anilines is 2. The zero-order valence-corrected chi connectivity index (χ0v) is 26.6. The largest absolute Gasteiger partial charge is 0.351 e. The molecule has 0 atom stereocenters. The second kappa shape index (κ2) is 10.3. The van der Waals surface area contributed by atoms with Gasteiger partial charge in [-0.05, 0) is 31.0 Å². The van der Waals surface area contributed by atoms with E-state index in [0.717, 1.165) is 18.2 Å². The SMILES string of the molecule is Cn1cc(NS(=O)(=O)c2c(F)cccc2F)c(F)c1-c1nc(C(C)(C)C)sc1-c1ccnc(NC2CC3(C2)CS(=O)(=O)C3)n1. The van der Waals surface area contributed by atoms with Crippen molar-refractivity contribution in [2.75, 3.05) is 21.5 Å². The number of nitrogens with one attached hydrogen (secondary N) is 2. The highest BCUT2D eigenvalue weighted by molar-refractivity contribution is 7.93. The Morgan fingerprint density at radius 2 is 1.73 bits per heavy atom. The van der Waals surface area contributed by atoms with Crippen LogP contribution in [0.4, 0.5) is 24.8 Å². The number of thiazole rings is 1. The van der Waals surface area contributed by atoms with E-state index in [1.807, 2.05) is 25.5 Å². The Morgan fingerprint density at radius 1 is 1.07 bits per heavy atom. The molecule has 2 N–H and O–H groups in total. The first-order valence-corrected chi connectivity index (χ1v) is 17.7. The maximum Gasteiger partial charge on any atom is 0.267 e. The molecular formula is C28H29F3N6O4S3. The summed E-state index contributed by atoms with van der Waals surface area (Å²) >= 11 is 1.30. The lowest BCUT2D eigenvalue weighted by atomic mass is 9.67. The minimum atomic E-state index is -4.82. The molecule has 1 spiro atoms. The molecule has 2 fully saturated rings. The van der Waals surface area contributed by atoms with Crippen molar-refractivity contribution in [3.05, 3.63) is 59.1 Å². The molecule has 234 valence electrons. The van der Waals surface area contributed by atoms with Crippen molar-refractivity contribution in [3.63, 3.8) is 0 Å². The van der Waals surface area contributed by atoms with Gasteiger partial charge in [-0.3, -0.25) is 4.72 Å². The van der Waals surface area contributed by atoms with Crippen molar-refractivity contribution in [3.8, 4) is 22.0 Å². The standard InChI is InChI=1S/C28H29F3N6O4S3/c1-27(2,3)25-35-21(22-20(31)19(12-37(22)4)36-44(40,41)24-16(29)6-5-7-17(24)30)23(42-25)18-8-9-32-26(34-18)33-15-10-28(11-15)13-43(38,39)14-28/h5-9,12,15,36H,10-11,13-14H2,1-4H3,(H,32,33,34). The van der Waals surface area contributed by atoms with Crippen LogP contribution in [-0.2, 0) is 32.3 Å². The van der Waals surface area contributed by atoms with Crippen molar-refractivity contribution in [2.24, 2.45) is 12.5 Å². The van der Waals surface area contributed by atoms with Crippen molar-refractivity contribution < 1.29 is 30.0 Å². The third-order valence-corrected chi connectivity index (χ3v) is 12.7. The Kier molecular flexibility index (Phi) is 7.13. The number of aryl methyl sites for hydroxylation is 1. The van der Waals surface area contributed by atoms with Gasteiger partial charge in [-0.2, -0.15) is 0 Å². The lowest BCUT2D eigenvalue weighted by Crippen LogP contribution is -2.60. The van der Waals surface area contributed by atoms with Crippen molar-refractivity contribution in [2.45, 2.75) is 50.0 Å². The normalized spacial score (nSPS) is 17.7. The van der Waals surface area contributed by atoms with Gasteiger partial charge in [-0.25, -0.2) is 45.0 Å². The van der Waals surface area contributed by atoms with Crippen LogP contribution in [0, 0.1) is 22.9 Å². The molecule has 1 aromatic carbocycles. The van der Waals surface area contributed by atoms with E-state index in [2.05, 4.69) is 15.3 Å². The molecule has 0 radical (unpaired) electrons. The van der Waals surface area contributed by atoms with E-state index in [1.54, 1.807) is 12.3 Å². The first-order chi connectivity index (χ1) is 20.5. The molecular weight excluding hydrogens is 638 g/mol. The second-order valence-electron chi connectivity index (χ2n) is 12.5. The first kappa shape index (κ1) is 30.5. The van der Waals surface area contributed by atoms with Gasteiger partial charge in [0, 0.05) is 36.3 Å². The molecule has 1 saturated heterocycles. The van der Waals surface area contributed by atoms with Gasteiger partial charge >= 0.3 is 0 Å². The molecule has 1 aliphatic carbocycles. The number of benzene rings is 1. The first-order valence-electron chi connectivity index (χ1n) is 13.6. The summed E-state index contributed by atoms with van der Waals surface area (Å²) in [6.45, 7) is 5.84. The van der Waals surface area contributed by atoms with Crippen LogP contribution in [0.15, 0.2) is 41.6 Å². The molecule has 6 rings (SSSR count). The Labute approximate surface area is 256 Å². The maximum absolute atomic E-state index is 16.0. The van der Waals surface area contributed by atoms with E-state index < -0.39 is 53.3 Å². The molecule has 0 bridgehead atoms. The van der Waals surface area contributed by atoms with Crippen LogP contribution < -0.4 is 10.0 Å². The van der Waals surface area contributed by atoms with Crippen LogP contribution in [0.1, 0.15) is 38.6 Å². The van der Waals surface area contributed by atoms with Crippen LogP contribution in [0.3, 0.4) is 0 Å². The van der Waals surface area contributed by atoms with E-state index in [4.69, 9.17) is 4.98 Å². The van der Waals surface area contributed by atoms with Crippen LogP contribution in [-0.4, -0.2) is 53.9 Å². The molecule has 4 aromatic rings. The number of sulfonamides is 1. The highest BCUT2D eigenvalue weighted by Gasteiger charge is 2.56. The van der Waals surface area contributed by atoms with Crippen molar-refractivity contribution in [1.29, 1.82) is 0 Å². The number of hydrogen-bond acceptors (Lipinski definition) is 9. The summed E-state index contributed by atoms with van der Waals surface area (Å²) in [6.07, 6.45) is 4.12. The fraction of sp³-hybridized carbons (Fsp3) is 0.393. The number of aromatic nitrogens is 4. The number of halogens is 3. The predicted molar refractivity (Wildman–Crippen MR) is 161 cm³/mol. The van der Waals surface area contributed by atoms with Gasteiger partial charge in [0.1, 0.15) is 28.7 Å². The Morgan fingerprint density at radius 3 is 2.34 bits per heavy atom. The fourth-order valence-electron chi connectivity index (χ4n) is 5.80. The molecule has 10 nitrogen and oxygen atoms in total. The van der Waals surface area contributed by atoms with Gasteiger partial charge in [0.25, 0.3) is 10.0 Å². The highest BCUT2D eigenvalue weighted by Crippen LogP contribution is 2.50. The predicted octanol–water partition coefficient (Wildman–Crippen LogP) is 5.11. The molecule has 1 aliphatic heterocycles. The molecule has 1 saturated carbocycles. The number of sulfone groups is 1. The smallest absolute Gasteiger partial charge is 0.267 e. The quantitative estimate of drug-likeness (QED) is 0.278. The Bertz CT molecular complexity index is 1980. The molecule has 0 unspecified atom stereocenters. The summed E-state index contributed by atoms with van der Waals surface area (Å²) in [4.78, 5) is 13.0. The van der Waals surface area contributed by atoms with E-state index in [1.165, 1.54) is 29.1 Å². The third kappa shape index (κ3) is 5.47. The van der Waals surface area contributed by atoms with Crippen LogP contribution in [0.25, 0.3) is 22.0 Å². The zero-order chi connectivity index (χ0) is 31.8. The lowest BCUT2D eigenvalue weighted by Gasteiger charge is -2.53. The molecule has 0 amide bonds. The number of hydrogen-bond donors (Lipinski definition) is 2. The maximum atomic E-state index is 16.0. The summed E-state index contributed by atoms with van der Waals surface area (Å²) in [5, 5.41) is 3.93. The number of nitrogens with zero attached hydrogens (tertiary/aromatic N) is 4. The zero-order valence-electron chi connectivity index (χ0n) is 24.2. The average Bonchev–Trinajstić information content (AvgIpc) is 3.42. The summed E-state index contributed by atoms with van der Waals surface area (Å²) in [6, 6.07) is 4.30. The fourth-order valence-corrected chi connectivity index (χ4v) is 10.3. The van der Waals surface area contributed by atoms with Crippen LogP contribution >= 0.6 is 11.3 Å². The minimum Gasteiger partial charge on any atom is -0.351 e. The third-order valence-electron chi connectivity index (χ3n) is 7.68.